The minimum atomic E-state index is 0.440. The molecule has 0 aromatic heterocycles. The number of rotatable bonds is 8. The van der Waals surface area contributed by atoms with Gasteiger partial charge < -0.3 is 10.2 Å². The third kappa shape index (κ3) is 6.74. The number of hydrogen-bond acceptors (Lipinski definition) is 2. The predicted octanol–water partition coefficient (Wildman–Crippen LogP) is 3.49. The van der Waals surface area contributed by atoms with E-state index >= 15 is 0 Å². The fraction of sp³-hybridized carbons (Fsp3) is 0.647. The average molecular weight is 262 g/mol. The fourth-order valence-corrected chi connectivity index (χ4v) is 2.25. The molecule has 1 N–H and O–H groups in total. The molecule has 0 aliphatic carbocycles. The molecular weight excluding hydrogens is 232 g/mol. The van der Waals surface area contributed by atoms with Gasteiger partial charge in [-0.25, -0.2) is 0 Å². The molecule has 108 valence electrons. The maximum atomic E-state index is 3.59. The fourth-order valence-electron chi connectivity index (χ4n) is 2.25. The van der Waals surface area contributed by atoms with Crippen molar-refractivity contribution in [1.29, 1.82) is 0 Å². The summed E-state index contributed by atoms with van der Waals surface area (Å²) in [6.45, 7) is 9.00. The minimum absolute atomic E-state index is 0.440. The molecule has 0 radical (unpaired) electrons. The van der Waals surface area contributed by atoms with Gasteiger partial charge in [0.2, 0.25) is 0 Å². The lowest BCUT2D eigenvalue weighted by atomic mass is 10.00. The molecule has 0 heterocycles. The highest BCUT2D eigenvalue weighted by Crippen LogP contribution is 2.15. The molecule has 0 bridgehead atoms. The van der Waals surface area contributed by atoms with E-state index in [-0.39, 0.29) is 0 Å². The summed E-state index contributed by atoms with van der Waals surface area (Å²) >= 11 is 0. The van der Waals surface area contributed by atoms with Gasteiger partial charge in [-0.2, -0.15) is 0 Å². The first-order chi connectivity index (χ1) is 8.99. The average Bonchev–Trinajstić information content (AvgIpc) is 2.34. The van der Waals surface area contributed by atoms with Gasteiger partial charge in [0.05, 0.1) is 0 Å². The van der Waals surface area contributed by atoms with Crippen molar-refractivity contribution in [1.82, 2.24) is 10.2 Å². The van der Waals surface area contributed by atoms with Crippen LogP contribution in [0.5, 0.6) is 0 Å². The number of benzene rings is 1. The maximum absolute atomic E-state index is 3.59. The molecule has 0 aliphatic heterocycles. The Bertz CT molecular complexity index is 341. The Hall–Kier alpha value is -0.860. The van der Waals surface area contributed by atoms with E-state index in [4.69, 9.17) is 0 Å². The van der Waals surface area contributed by atoms with Crippen molar-refractivity contribution in [2.75, 3.05) is 27.2 Å². The third-order valence-corrected chi connectivity index (χ3v) is 3.36. The second-order valence-electron chi connectivity index (χ2n) is 6.17. The smallest absolute Gasteiger partial charge is 0.0291 e. The van der Waals surface area contributed by atoms with Gasteiger partial charge in [-0.1, -0.05) is 38.1 Å². The first kappa shape index (κ1) is 16.2. The SMILES string of the molecule is CC(C)Cc1ccc(C(C)NCCCN(C)C)cc1. The first-order valence-corrected chi connectivity index (χ1v) is 7.46. The van der Waals surface area contributed by atoms with Crippen molar-refractivity contribution in [3.05, 3.63) is 35.4 Å². The molecule has 0 spiro atoms. The van der Waals surface area contributed by atoms with Gasteiger partial charge >= 0.3 is 0 Å². The Kier molecular flexibility index (Phi) is 7.11. The summed E-state index contributed by atoms with van der Waals surface area (Å²) < 4.78 is 0. The van der Waals surface area contributed by atoms with Gasteiger partial charge in [-0.05, 0) is 64.0 Å². The van der Waals surface area contributed by atoms with Gasteiger partial charge in [0, 0.05) is 6.04 Å². The Balaban J connectivity index is 2.37. The second kappa shape index (κ2) is 8.34. The quantitative estimate of drug-likeness (QED) is 0.722. The summed E-state index contributed by atoms with van der Waals surface area (Å²) in [5, 5.41) is 3.59. The van der Waals surface area contributed by atoms with E-state index in [1.165, 1.54) is 24.0 Å². The lowest BCUT2D eigenvalue weighted by Gasteiger charge is -2.16. The molecule has 1 atom stereocenters. The van der Waals surface area contributed by atoms with Crippen LogP contribution in [0.25, 0.3) is 0 Å². The summed E-state index contributed by atoms with van der Waals surface area (Å²) in [6, 6.07) is 9.51. The van der Waals surface area contributed by atoms with Crippen LogP contribution in [0.3, 0.4) is 0 Å². The number of hydrogen-bond donors (Lipinski definition) is 1. The van der Waals surface area contributed by atoms with E-state index < -0.39 is 0 Å². The minimum Gasteiger partial charge on any atom is -0.310 e. The maximum Gasteiger partial charge on any atom is 0.0291 e. The third-order valence-electron chi connectivity index (χ3n) is 3.36. The predicted molar refractivity (Wildman–Crippen MR) is 84.6 cm³/mol. The van der Waals surface area contributed by atoms with Crippen molar-refractivity contribution >= 4 is 0 Å². The molecule has 0 saturated carbocycles. The monoisotopic (exact) mass is 262 g/mol. The van der Waals surface area contributed by atoms with Crippen LogP contribution in [0.2, 0.25) is 0 Å². The van der Waals surface area contributed by atoms with Crippen molar-refractivity contribution in [2.45, 2.75) is 39.7 Å². The normalized spacial score (nSPS) is 13.2. The highest BCUT2D eigenvalue weighted by atomic mass is 15.1. The summed E-state index contributed by atoms with van der Waals surface area (Å²) in [5.41, 5.74) is 2.83. The Labute approximate surface area is 119 Å². The van der Waals surface area contributed by atoms with E-state index in [0.717, 1.165) is 19.0 Å². The standard InChI is InChI=1S/C17H30N2/c1-14(2)13-16-7-9-17(10-8-16)15(3)18-11-6-12-19(4)5/h7-10,14-15,18H,6,11-13H2,1-5H3. The van der Waals surface area contributed by atoms with Crippen LogP contribution in [0.15, 0.2) is 24.3 Å². The van der Waals surface area contributed by atoms with Gasteiger partial charge in [-0.3, -0.25) is 0 Å². The molecule has 2 nitrogen and oxygen atoms in total. The van der Waals surface area contributed by atoms with Crippen LogP contribution in [0.4, 0.5) is 0 Å². The Morgan fingerprint density at radius 2 is 1.68 bits per heavy atom. The van der Waals surface area contributed by atoms with Crippen LogP contribution in [-0.4, -0.2) is 32.1 Å². The molecule has 1 rings (SSSR count). The highest BCUT2D eigenvalue weighted by molar-refractivity contribution is 5.25. The molecule has 1 unspecified atom stereocenters. The molecule has 1 aromatic carbocycles. The molecule has 1 aromatic rings. The molecular formula is C17H30N2. The Morgan fingerprint density at radius 3 is 2.21 bits per heavy atom. The van der Waals surface area contributed by atoms with E-state index in [1.807, 2.05) is 0 Å². The van der Waals surface area contributed by atoms with Crippen molar-refractivity contribution in [3.63, 3.8) is 0 Å². The number of nitrogens with one attached hydrogen (secondary N) is 1. The lowest BCUT2D eigenvalue weighted by Crippen LogP contribution is -2.23. The van der Waals surface area contributed by atoms with Crippen molar-refractivity contribution < 1.29 is 0 Å². The van der Waals surface area contributed by atoms with Gasteiger partial charge in [0.25, 0.3) is 0 Å². The molecule has 0 saturated heterocycles. The summed E-state index contributed by atoms with van der Waals surface area (Å²) in [7, 11) is 4.24. The van der Waals surface area contributed by atoms with Gasteiger partial charge in [-0.15, -0.1) is 0 Å². The first-order valence-electron chi connectivity index (χ1n) is 7.46. The summed E-state index contributed by atoms with van der Waals surface area (Å²) in [4.78, 5) is 2.23. The molecule has 19 heavy (non-hydrogen) atoms. The van der Waals surface area contributed by atoms with Crippen LogP contribution in [0.1, 0.15) is 44.4 Å². The zero-order valence-corrected chi connectivity index (χ0v) is 13.2. The van der Waals surface area contributed by atoms with Crippen LogP contribution in [-0.2, 0) is 6.42 Å². The molecule has 0 aliphatic rings. The van der Waals surface area contributed by atoms with Crippen LogP contribution >= 0.6 is 0 Å². The van der Waals surface area contributed by atoms with E-state index in [9.17, 15) is 0 Å². The molecule has 0 fully saturated rings. The van der Waals surface area contributed by atoms with Crippen molar-refractivity contribution in [3.8, 4) is 0 Å². The number of nitrogens with zero attached hydrogens (tertiary/aromatic N) is 1. The lowest BCUT2D eigenvalue weighted by molar-refractivity contribution is 0.389. The second-order valence-corrected chi connectivity index (χ2v) is 6.17. The van der Waals surface area contributed by atoms with Crippen LogP contribution < -0.4 is 5.32 Å². The zero-order valence-electron chi connectivity index (χ0n) is 13.2. The van der Waals surface area contributed by atoms with Gasteiger partial charge in [0.1, 0.15) is 0 Å². The van der Waals surface area contributed by atoms with Crippen LogP contribution in [0, 0.1) is 5.92 Å². The summed E-state index contributed by atoms with van der Waals surface area (Å²) in [5.74, 6) is 0.729. The van der Waals surface area contributed by atoms with Gasteiger partial charge in [0.15, 0.2) is 0 Å². The van der Waals surface area contributed by atoms with E-state index in [1.54, 1.807) is 0 Å². The van der Waals surface area contributed by atoms with Crippen molar-refractivity contribution in [2.24, 2.45) is 5.92 Å². The molecule has 0 amide bonds. The molecule has 2 heteroatoms. The summed E-state index contributed by atoms with van der Waals surface area (Å²) in [6.07, 6.45) is 2.37. The zero-order chi connectivity index (χ0) is 14.3. The Morgan fingerprint density at radius 1 is 1.05 bits per heavy atom. The largest absolute Gasteiger partial charge is 0.310 e. The topological polar surface area (TPSA) is 15.3 Å². The highest BCUT2D eigenvalue weighted by Gasteiger charge is 2.05. The van der Waals surface area contributed by atoms with E-state index in [0.29, 0.717) is 6.04 Å². The van der Waals surface area contributed by atoms with E-state index in [2.05, 4.69) is 69.3 Å².